The molecule has 0 bridgehead atoms. The van der Waals surface area contributed by atoms with Crippen LogP contribution < -0.4 is 5.32 Å². The minimum absolute atomic E-state index is 0.0320. The molecular formula is C21H17ClF3N3OS. The van der Waals surface area contributed by atoms with Gasteiger partial charge in [0.2, 0.25) is 5.91 Å². The van der Waals surface area contributed by atoms with Gasteiger partial charge in [-0.05, 0) is 30.7 Å². The normalized spacial score (nSPS) is 12.4. The third kappa shape index (κ3) is 5.52. The van der Waals surface area contributed by atoms with Gasteiger partial charge in [-0.1, -0.05) is 60.6 Å². The van der Waals surface area contributed by atoms with E-state index < -0.39 is 22.9 Å². The maximum Gasteiger partial charge on any atom is 0.416 e. The van der Waals surface area contributed by atoms with Crippen LogP contribution in [0.25, 0.3) is 11.3 Å². The first kappa shape index (κ1) is 22.1. The van der Waals surface area contributed by atoms with Gasteiger partial charge in [0.25, 0.3) is 0 Å². The van der Waals surface area contributed by atoms with Crippen LogP contribution >= 0.6 is 23.4 Å². The van der Waals surface area contributed by atoms with Crippen LogP contribution in [0, 0.1) is 0 Å². The van der Waals surface area contributed by atoms with E-state index in [1.165, 1.54) is 18.1 Å². The maximum atomic E-state index is 13.0. The number of aromatic nitrogens is 2. The number of nitrogens with zero attached hydrogens (tertiary/aromatic N) is 2. The zero-order valence-electron chi connectivity index (χ0n) is 15.8. The third-order valence-electron chi connectivity index (χ3n) is 4.19. The quantitative estimate of drug-likeness (QED) is 0.351. The molecule has 3 rings (SSSR count). The van der Waals surface area contributed by atoms with Crippen LogP contribution in [-0.2, 0) is 11.0 Å². The van der Waals surface area contributed by atoms with Crippen molar-refractivity contribution < 1.29 is 18.0 Å². The third-order valence-corrected chi connectivity index (χ3v) is 5.82. The van der Waals surface area contributed by atoms with Gasteiger partial charge in [-0.3, -0.25) is 4.79 Å². The molecule has 1 unspecified atom stereocenters. The lowest BCUT2D eigenvalue weighted by Crippen LogP contribution is -2.25. The van der Waals surface area contributed by atoms with Crippen LogP contribution in [0.1, 0.15) is 18.9 Å². The molecule has 3 aromatic rings. The van der Waals surface area contributed by atoms with Crippen molar-refractivity contribution in [2.24, 2.45) is 0 Å². The van der Waals surface area contributed by atoms with Crippen LogP contribution in [0.4, 0.5) is 18.9 Å². The molecule has 0 radical (unpaired) electrons. The first-order chi connectivity index (χ1) is 14.3. The Bertz CT molecular complexity index is 1030. The second kappa shape index (κ2) is 9.49. The maximum absolute atomic E-state index is 13.0. The van der Waals surface area contributed by atoms with Gasteiger partial charge < -0.3 is 5.32 Å². The fourth-order valence-corrected chi connectivity index (χ4v) is 3.73. The van der Waals surface area contributed by atoms with Crippen LogP contribution in [-0.4, -0.2) is 21.1 Å². The number of nitrogens with one attached hydrogen (secondary N) is 1. The highest BCUT2D eigenvalue weighted by Crippen LogP contribution is 2.34. The fourth-order valence-electron chi connectivity index (χ4n) is 2.65. The molecule has 9 heteroatoms. The summed E-state index contributed by atoms with van der Waals surface area (Å²) in [5, 5.41) is 2.55. The molecular weight excluding hydrogens is 435 g/mol. The topological polar surface area (TPSA) is 54.9 Å². The van der Waals surface area contributed by atoms with Gasteiger partial charge >= 0.3 is 6.18 Å². The molecule has 0 aliphatic rings. The molecule has 1 aromatic heterocycles. The largest absolute Gasteiger partial charge is 0.416 e. The van der Waals surface area contributed by atoms with E-state index in [9.17, 15) is 18.0 Å². The number of amides is 1. The number of carbonyl (C=O) groups is 1. The average molecular weight is 452 g/mol. The SMILES string of the molecule is CCC(Sc1cc(-c2ccccc2)ncn1)C(=O)Nc1cc(C(F)(F)F)ccc1Cl. The molecule has 1 atom stereocenters. The van der Waals surface area contributed by atoms with Crippen molar-refractivity contribution in [1.29, 1.82) is 0 Å². The smallest absolute Gasteiger partial charge is 0.324 e. The van der Waals surface area contributed by atoms with Gasteiger partial charge in [-0.25, -0.2) is 9.97 Å². The molecule has 0 fully saturated rings. The highest BCUT2D eigenvalue weighted by molar-refractivity contribution is 8.00. The minimum atomic E-state index is -4.53. The lowest BCUT2D eigenvalue weighted by molar-refractivity contribution is -0.137. The van der Waals surface area contributed by atoms with Gasteiger partial charge in [0.05, 0.1) is 27.2 Å². The van der Waals surface area contributed by atoms with E-state index in [0.29, 0.717) is 17.1 Å². The summed E-state index contributed by atoms with van der Waals surface area (Å²) in [7, 11) is 0. The Hall–Kier alpha value is -2.58. The van der Waals surface area contributed by atoms with Crippen molar-refractivity contribution in [3.05, 3.63) is 71.5 Å². The summed E-state index contributed by atoms with van der Waals surface area (Å²) in [6.07, 6.45) is -2.67. The molecule has 1 amide bonds. The number of hydrogen-bond donors (Lipinski definition) is 1. The van der Waals surface area contributed by atoms with Gasteiger partial charge in [-0.15, -0.1) is 0 Å². The molecule has 0 spiro atoms. The molecule has 0 saturated heterocycles. The molecule has 4 nitrogen and oxygen atoms in total. The summed E-state index contributed by atoms with van der Waals surface area (Å²) in [6.45, 7) is 1.81. The van der Waals surface area contributed by atoms with E-state index in [1.807, 2.05) is 37.3 Å². The Kier molecular flexibility index (Phi) is 6.99. The van der Waals surface area contributed by atoms with E-state index >= 15 is 0 Å². The van der Waals surface area contributed by atoms with Crippen LogP contribution in [0.3, 0.4) is 0 Å². The number of carbonyl (C=O) groups excluding carboxylic acids is 1. The highest BCUT2D eigenvalue weighted by Gasteiger charge is 2.31. The molecule has 0 aliphatic carbocycles. The van der Waals surface area contributed by atoms with Crippen molar-refractivity contribution in [3.8, 4) is 11.3 Å². The number of alkyl halides is 3. The zero-order chi connectivity index (χ0) is 21.7. The van der Waals surface area contributed by atoms with Gasteiger partial charge in [0, 0.05) is 5.56 Å². The van der Waals surface area contributed by atoms with Crippen molar-refractivity contribution in [3.63, 3.8) is 0 Å². The first-order valence-electron chi connectivity index (χ1n) is 8.99. The average Bonchev–Trinajstić information content (AvgIpc) is 2.73. The van der Waals surface area contributed by atoms with Crippen LogP contribution in [0.5, 0.6) is 0 Å². The summed E-state index contributed by atoms with van der Waals surface area (Å²) in [5.74, 6) is -0.455. The summed E-state index contributed by atoms with van der Waals surface area (Å²) in [5.41, 5.74) is 0.661. The van der Waals surface area contributed by atoms with Crippen LogP contribution in [0.15, 0.2) is 66.0 Å². The van der Waals surface area contributed by atoms with Crippen molar-refractivity contribution in [1.82, 2.24) is 9.97 Å². The Morgan fingerprint density at radius 1 is 1.13 bits per heavy atom. The van der Waals surface area contributed by atoms with E-state index in [1.54, 1.807) is 6.07 Å². The summed E-state index contributed by atoms with van der Waals surface area (Å²) in [6, 6.07) is 14.1. The number of thioether (sulfide) groups is 1. The molecule has 0 saturated carbocycles. The lowest BCUT2D eigenvalue weighted by atomic mass is 10.1. The Morgan fingerprint density at radius 2 is 1.87 bits per heavy atom. The second-order valence-corrected chi connectivity index (χ2v) is 7.93. The summed E-state index contributed by atoms with van der Waals surface area (Å²) in [4.78, 5) is 21.2. The van der Waals surface area contributed by atoms with Crippen molar-refractivity contribution in [2.75, 3.05) is 5.32 Å². The Morgan fingerprint density at radius 3 is 2.53 bits per heavy atom. The predicted octanol–water partition coefficient (Wildman–Crippen LogP) is 6.33. The standard InChI is InChI=1S/C21H17ClF3N3OS/c1-2-18(20(29)28-17-10-14(21(23,24)25)8-9-15(17)22)30-19-11-16(26-12-27-19)13-6-4-3-5-7-13/h3-12,18H,2H2,1H3,(H,28,29). The van der Waals surface area contributed by atoms with Gasteiger partial charge in [0.15, 0.2) is 0 Å². The first-order valence-corrected chi connectivity index (χ1v) is 10.3. The fraction of sp³-hybridized carbons (Fsp3) is 0.190. The predicted molar refractivity (Wildman–Crippen MR) is 112 cm³/mol. The number of anilines is 1. The van der Waals surface area contributed by atoms with Gasteiger partial charge in [-0.2, -0.15) is 13.2 Å². The van der Waals surface area contributed by atoms with Gasteiger partial charge in [0.1, 0.15) is 11.4 Å². The molecule has 2 aromatic carbocycles. The molecule has 30 heavy (non-hydrogen) atoms. The Balaban J connectivity index is 1.76. The van der Waals surface area contributed by atoms with Crippen molar-refractivity contribution >= 4 is 35.0 Å². The van der Waals surface area contributed by atoms with E-state index in [-0.39, 0.29) is 10.7 Å². The lowest BCUT2D eigenvalue weighted by Gasteiger charge is -2.16. The van der Waals surface area contributed by atoms with E-state index in [4.69, 9.17) is 11.6 Å². The zero-order valence-corrected chi connectivity index (χ0v) is 17.4. The number of rotatable bonds is 6. The molecule has 0 aliphatic heterocycles. The minimum Gasteiger partial charge on any atom is -0.324 e. The molecule has 1 N–H and O–H groups in total. The van der Waals surface area contributed by atoms with E-state index in [2.05, 4.69) is 15.3 Å². The number of halogens is 4. The van der Waals surface area contributed by atoms with Crippen LogP contribution in [0.2, 0.25) is 5.02 Å². The highest BCUT2D eigenvalue weighted by atomic mass is 35.5. The van der Waals surface area contributed by atoms with Crippen molar-refractivity contribution in [2.45, 2.75) is 29.8 Å². The summed E-state index contributed by atoms with van der Waals surface area (Å²) < 4.78 is 38.9. The summed E-state index contributed by atoms with van der Waals surface area (Å²) >= 11 is 7.19. The monoisotopic (exact) mass is 451 g/mol. The van der Waals surface area contributed by atoms with E-state index in [0.717, 1.165) is 23.8 Å². The number of benzene rings is 2. The Labute approximate surface area is 180 Å². The molecule has 156 valence electrons. The second-order valence-electron chi connectivity index (χ2n) is 6.30. The number of hydrogen-bond acceptors (Lipinski definition) is 4. The molecule has 1 heterocycles.